The van der Waals surface area contributed by atoms with Gasteiger partial charge in [-0.1, -0.05) is 24.8 Å². The van der Waals surface area contributed by atoms with Gasteiger partial charge in [0.15, 0.2) is 11.5 Å². The third-order valence-electron chi connectivity index (χ3n) is 5.56. The Balaban J connectivity index is 1.65. The molecule has 0 saturated heterocycles. The maximum absolute atomic E-state index is 5.83. The van der Waals surface area contributed by atoms with Gasteiger partial charge in [0.1, 0.15) is 0 Å². The Hall–Kier alpha value is -2.95. The van der Waals surface area contributed by atoms with E-state index in [2.05, 4.69) is 52.0 Å². The van der Waals surface area contributed by atoms with Gasteiger partial charge in [0.05, 0.1) is 31.0 Å². The maximum Gasteiger partial charge on any atom is 0.161 e. The Bertz CT molecular complexity index is 979. The number of para-hydroxylation sites is 1. The number of rotatable bonds is 7. The summed E-state index contributed by atoms with van der Waals surface area (Å²) in [5.74, 6) is 1.62. The Morgan fingerprint density at radius 1 is 1.29 bits per heavy atom. The first-order valence-corrected chi connectivity index (χ1v) is 9.89. The van der Waals surface area contributed by atoms with E-state index in [1.165, 1.54) is 16.5 Å². The minimum atomic E-state index is 0.252. The van der Waals surface area contributed by atoms with Crippen LogP contribution < -0.4 is 9.47 Å². The Morgan fingerprint density at radius 3 is 2.93 bits per heavy atom. The van der Waals surface area contributed by atoms with Crippen molar-refractivity contribution in [3.8, 4) is 11.5 Å². The van der Waals surface area contributed by atoms with Gasteiger partial charge in [-0.25, -0.2) is 0 Å². The summed E-state index contributed by atoms with van der Waals surface area (Å²) >= 11 is 0. The van der Waals surface area contributed by atoms with Gasteiger partial charge in [-0.05, 0) is 61.7 Å². The molecular formula is C23H27N3O2. The Kier molecular flexibility index (Phi) is 5.24. The van der Waals surface area contributed by atoms with Crippen LogP contribution in [0.4, 0.5) is 0 Å². The molecule has 5 heteroatoms. The number of ether oxygens (including phenoxy) is 2. The van der Waals surface area contributed by atoms with E-state index in [0.29, 0.717) is 6.61 Å². The van der Waals surface area contributed by atoms with Crippen molar-refractivity contribution in [3.05, 3.63) is 66.0 Å². The summed E-state index contributed by atoms with van der Waals surface area (Å²) < 4.78 is 11.4. The zero-order valence-corrected chi connectivity index (χ0v) is 16.6. The van der Waals surface area contributed by atoms with Crippen molar-refractivity contribution in [2.75, 3.05) is 20.3 Å². The number of methoxy groups -OCH3 is 1. The van der Waals surface area contributed by atoms with Gasteiger partial charge < -0.3 is 14.4 Å². The number of fused-ring (bicyclic) bond motifs is 2. The number of hydrogen-bond acceptors (Lipinski definition) is 4. The number of aromatic amines is 1. The Labute approximate surface area is 166 Å². The van der Waals surface area contributed by atoms with Crippen LogP contribution in [0.3, 0.4) is 0 Å². The first kappa shape index (κ1) is 18.4. The van der Waals surface area contributed by atoms with Crippen LogP contribution in [0.25, 0.3) is 10.9 Å². The highest BCUT2D eigenvalue weighted by Gasteiger charge is 2.27. The largest absolute Gasteiger partial charge is 0.493 e. The van der Waals surface area contributed by atoms with E-state index in [1.807, 2.05) is 19.2 Å². The third kappa shape index (κ3) is 3.33. The molecule has 1 unspecified atom stereocenters. The van der Waals surface area contributed by atoms with Gasteiger partial charge in [-0.2, -0.15) is 5.10 Å². The lowest BCUT2D eigenvalue weighted by molar-refractivity contribution is 0.248. The molecule has 1 N–H and O–H groups in total. The van der Waals surface area contributed by atoms with Crippen LogP contribution >= 0.6 is 0 Å². The predicted molar refractivity (Wildman–Crippen MR) is 112 cm³/mol. The zero-order valence-electron chi connectivity index (χ0n) is 16.6. The Morgan fingerprint density at radius 2 is 2.14 bits per heavy atom. The van der Waals surface area contributed by atoms with E-state index in [0.717, 1.165) is 48.5 Å². The van der Waals surface area contributed by atoms with Crippen molar-refractivity contribution in [2.24, 2.45) is 0 Å². The SMILES string of the molecule is C=CN1CCc2cc(OC)c(OCC)cc2C1CCc1n[nH]c2ccccc12. The van der Waals surface area contributed by atoms with E-state index in [4.69, 9.17) is 9.47 Å². The van der Waals surface area contributed by atoms with Crippen molar-refractivity contribution in [1.29, 1.82) is 0 Å². The number of hydrogen-bond donors (Lipinski definition) is 1. The normalized spacial score (nSPS) is 16.1. The van der Waals surface area contributed by atoms with Crippen LogP contribution in [0, 0.1) is 0 Å². The lowest BCUT2D eigenvalue weighted by Crippen LogP contribution is -2.31. The summed E-state index contributed by atoms with van der Waals surface area (Å²) in [6, 6.07) is 12.8. The summed E-state index contributed by atoms with van der Waals surface area (Å²) in [4.78, 5) is 2.33. The van der Waals surface area contributed by atoms with Crippen molar-refractivity contribution in [1.82, 2.24) is 15.1 Å². The second-order valence-electron chi connectivity index (χ2n) is 7.08. The van der Waals surface area contributed by atoms with Crippen LogP contribution in [-0.2, 0) is 12.8 Å². The number of benzene rings is 2. The first-order chi connectivity index (χ1) is 13.7. The van der Waals surface area contributed by atoms with Crippen molar-refractivity contribution in [2.45, 2.75) is 32.2 Å². The summed E-state index contributed by atoms with van der Waals surface area (Å²) in [6.45, 7) is 7.61. The first-order valence-electron chi connectivity index (χ1n) is 9.89. The summed E-state index contributed by atoms with van der Waals surface area (Å²) in [5, 5.41) is 8.89. The van der Waals surface area contributed by atoms with Gasteiger partial charge in [0.2, 0.25) is 0 Å². The average Bonchev–Trinajstić information content (AvgIpc) is 3.15. The van der Waals surface area contributed by atoms with E-state index in [1.54, 1.807) is 7.11 Å². The van der Waals surface area contributed by atoms with Gasteiger partial charge in [0, 0.05) is 11.9 Å². The fourth-order valence-electron chi connectivity index (χ4n) is 4.18. The molecule has 146 valence electrons. The van der Waals surface area contributed by atoms with Gasteiger partial charge in [0.25, 0.3) is 0 Å². The molecule has 3 aromatic rings. The monoisotopic (exact) mass is 377 g/mol. The molecule has 4 rings (SSSR count). The van der Waals surface area contributed by atoms with Gasteiger partial charge >= 0.3 is 0 Å². The predicted octanol–water partition coefficient (Wildman–Crippen LogP) is 4.65. The maximum atomic E-state index is 5.83. The van der Waals surface area contributed by atoms with Crippen molar-refractivity contribution in [3.63, 3.8) is 0 Å². The highest BCUT2D eigenvalue weighted by atomic mass is 16.5. The van der Waals surface area contributed by atoms with Crippen molar-refractivity contribution >= 4 is 10.9 Å². The van der Waals surface area contributed by atoms with Crippen LogP contribution in [0.15, 0.2) is 49.2 Å². The molecule has 28 heavy (non-hydrogen) atoms. The molecule has 2 heterocycles. The van der Waals surface area contributed by atoms with Crippen LogP contribution in [0.1, 0.15) is 36.2 Å². The molecule has 1 atom stereocenters. The van der Waals surface area contributed by atoms with E-state index < -0.39 is 0 Å². The minimum absolute atomic E-state index is 0.252. The summed E-state index contributed by atoms with van der Waals surface area (Å²) in [5.41, 5.74) is 4.83. The molecule has 1 aliphatic heterocycles. The second kappa shape index (κ2) is 7.97. The third-order valence-corrected chi connectivity index (χ3v) is 5.56. The van der Waals surface area contributed by atoms with Crippen LogP contribution in [0.5, 0.6) is 11.5 Å². The molecule has 5 nitrogen and oxygen atoms in total. The number of aryl methyl sites for hydroxylation is 1. The molecule has 1 aromatic heterocycles. The smallest absolute Gasteiger partial charge is 0.161 e. The summed E-state index contributed by atoms with van der Waals surface area (Å²) in [6.07, 6.45) is 4.80. The lowest BCUT2D eigenvalue weighted by Gasteiger charge is -2.37. The fourth-order valence-corrected chi connectivity index (χ4v) is 4.18. The number of nitrogens with one attached hydrogen (secondary N) is 1. The summed E-state index contributed by atoms with van der Waals surface area (Å²) in [7, 11) is 1.70. The second-order valence-corrected chi connectivity index (χ2v) is 7.08. The molecule has 0 saturated carbocycles. The van der Waals surface area contributed by atoms with Gasteiger partial charge in [-0.3, -0.25) is 5.10 Å². The van der Waals surface area contributed by atoms with Crippen LogP contribution in [-0.4, -0.2) is 35.4 Å². The van der Waals surface area contributed by atoms with E-state index >= 15 is 0 Å². The molecule has 0 amide bonds. The molecule has 0 spiro atoms. The number of aromatic nitrogens is 2. The van der Waals surface area contributed by atoms with E-state index in [-0.39, 0.29) is 6.04 Å². The lowest BCUT2D eigenvalue weighted by atomic mass is 9.89. The van der Waals surface area contributed by atoms with Crippen molar-refractivity contribution < 1.29 is 9.47 Å². The number of nitrogens with zero attached hydrogens (tertiary/aromatic N) is 2. The zero-order chi connectivity index (χ0) is 19.5. The van der Waals surface area contributed by atoms with Crippen LogP contribution in [0.2, 0.25) is 0 Å². The minimum Gasteiger partial charge on any atom is -0.493 e. The molecular weight excluding hydrogens is 350 g/mol. The fraction of sp³-hybridized carbons (Fsp3) is 0.348. The number of H-pyrrole nitrogens is 1. The quantitative estimate of drug-likeness (QED) is 0.651. The molecule has 0 bridgehead atoms. The van der Waals surface area contributed by atoms with E-state index in [9.17, 15) is 0 Å². The molecule has 0 fully saturated rings. The average molecular weight is 377 g/mol. The molecule has 0 aliphatic carbocycles. The molecule has 2 aromatic carbocycles. The molecule has 0 radical (unpaired) electrons. The highest BCUT2D eigenvalue weighted by molar-refractivity contribution is 5.81. The standard InChI is InChI=1S/C23H27N3O2/c1-4-26-13-12-16-14-22(27-3)23(28-5-2)15-18(16)21(26)11-10-20-17-8-6-7-9-19(17)24-25-20/h4,6-9,14-15,21H,1,5,10-13H2,2-3H3,(H,24,25). The topological polar surface area (TPSA) is 50.4 Å². The molecule has 1 aliphatic rings. The van der Waals surface area contributed by atoms with Gasteiger partial charge in [-0.15, -0.1) is 0 Å². The highest BCUT2D eigenvalue weighted by Crippen LogP contribution is 2.40.